The summed E-state index contributed by atoms with van der Waals surface area (Å²) < 4.78 is 5.36. The Kier molecular flexibility index (Phi) is 5.98. The van der Waals surface area contributed by atoms with Gasteiger partial charge in [-0.05, 0) is 35.7 Å². The summed E-state index contributed by atoms with van der Waals surface area (Å²) in [5, 5.41) is 4.84. The van der Waals surface area contributed by atoms with E-state index in [-0.39, 0.29) is 31.1 Å². The molecule has 2 amide bonds. The van der Waals surface area contributed by atoms with Crippen LogP contribution < -0.4 is 10.8 Å². The molecule has 2 aromatic rings. The van der Waals surface area contributed by atoms with Crippen molar-refractivity contribution in [1.29, 1.82) is 0 Å². The molecule has 6 nitrogen and oxygen atoms in total. The van der Waals surface area contributed by atoms with Crippen molar-refractivity contribution in [3.05, 3.63) is 48.0 Å². The minimum Gasteiger partial charge on any atom is -0.352 e. The topological polar surface area (TPSA) is 76.7 Å². The van der Waals surface area contributed by atoms with Crippen LogP contribution in [0.1, 0.15) is 36.0 Å². The number of carbonyl (C=O) groups is 2. The summed E-state index contributed by atoms with van der Waals surface area (Å²) in [6.45, 7) is 0.898. The molecule has 1 aliphatic heterocycles. The number of hydrogen-bond acceptors (Lipinski definition) is 4. The highest BCUT2D eigenvalue weighted by Crippen LogP contribution is 2.15. The number of rotatable bonds is 6. The number of hydrogen-bond donors (Lipinski definition) is 2. The molecule has 3 rings (SSSR count). The summed E-state index contributed by atoms with van der Waals surface area (Å²) in [5.41, 5.74) is 2.95. The Morgan fingerprint density at radius 3 is 2.76 bits per heavy atom. The van der Waals surface area contributed by atoms with Gasteiger partial charge in [0.25, 0.3) is 5.91 Å². The van der Waals surface area contributed by atoms with Gasteiger partial charge in [0.2, 0.25) is 5.91 Å². The maximum absolute atomic E-state index is 12.2. The summed E-state index contributed by atoms with van der Waals surface area (Å²) in [6, 6.07) is 13.4. The molecule has 1 fully saturated rings. The van der Waals surface area contributed by atoms with Gasteiger partial charge in [0, 0.05) is 31.6 Å². The number of carbonyl (C=O) groups excluding carboxylic acids is 2. The predicted molar refractivity (Wildman–Crippen MR) is 93.7 cm³/mol. The Morgan fingerprint density at radius 2 is 1.96 bits per heavy atom. The van der Waals surface area contributed by atoms with E-state index >= 15 is 0 Å². The molecule has 1 atom stereocenters. The highest BCUT2D eigenvalue weighted by Gasteiger charge is 2.15. The third kappa shape index (κ3) is 5.01. The van der Waals surface area contributed by atoms with Gasteiger partial charge in [0.15, 0.2) is 6.29 Å². The van der Waals surface area contributed by atoms with E-state index in [0.29, 0.717) is 12.2 Å². The Bertz CT molecular complexity index is 741. The molecule has 0 bridgehead atoms. The smallest absolute Gasteiger partial charge is 0.251 e. The summed E-state index contributed by atoms with van der Waals surface area (Å²) in [5.74, 6) is -0.483. The molecule has 0 unspecified atom stereocenters. The van der Waals surface area contributed by atoms with Gasteiger partial charge in [-0.3, -0.25) is 9.59 Å². The molecule has 6 heteroatoms. The second kappa shape index (κ2) is 8.60. The van der Waals surface area contributed by atoms with E-state index in [9.17, 15) is 9.59 Å². The Labute approximate surface area is 146 Å². The monoisotopic (exact) mass is 342 g/mol. The quantitative estimate of drug-likeness (QED) is 0.791. The molecular weight excluding hydrogens is 320 g/mol. The van der Waals surface area contributed by atoms with Crippen LogP contribution in [0.5, 0.6) is 0 Å². The standard InChI is InChI=1S/C19H22N2O4/c22-17(21-25-18-7-3-4-12-24-18)10-11-20-19(23)16-9-8-14-5-1-2-6-15(14)13-16/h1-2,5-6,8-9,13,18H,3-4,7,10-12H2,(H,20,23)(H,21,22)/t18-/m1/s1. The van der Waals surface area contributed by atoms with Crippen LogP contribution in [-0.4, -0.2) is 31.3 Å². The van der Waals surface area contributed by atoms with Gasteiger partial charge in [-0.15, -0.1) is 0 Å². The SMILES string of the molecule is O=C(CCNC(=O)c1ccc2ccccc2c1)NO[C@@H]1CCCCO1. The van der Waals surface area contributed by atoms with Crippen LogP contribution in [-0.2, 0) is 14.4 Å². The highest BCUT2D eigenvalue weighted by molar-refractivity contribution is 5.98. The van der Waals surface area contributed by atoms with E-state index in [2.05, 4.69) is 10.8 Å². The van der Waals surface area contributed by atoms with Gasteiger partial charge in [0.1, 0.15) is 0 Å². The summed E-state index contributed by atoms with van der Waals surface area (Å²) >= 11 is 0. The fourth-order valence-electron chi connectivity index (χ4n) is 2.71. The number of amides is 2. The minimum atomic E-state index is -0.370. The maximum atomic E-state index is 12.2. The zero-order valence-electron chi connectivity index (χ0n) is 14.0. The highest BCUT2D eigenvalue weighted by atomic mass is 16.8. The zero-order valence-corrected chi connectivity index (χ0v) is 14.0. The number of nitrogens with one attached hydrogen (secondary N) is 2. The zero-order chi connectivity index (χ0) is 17.5. The Hall–Kier alpha value is -2.44. The van der Waals surface area contributed by atoms with Crippen LogP contribution in [0.25, 0.3) is 10.8 Å². The fourth-order valence-corrected chi connectivity index (χ4v) is 2.71. The van der Waals surface area contributed by atoms with Crippen LogP contribution in [0, 0.1) is 0 Å². The third-order valence-electron chi connectivity index (χ3n) is 4.09. The van der Waals surface area contributed by atoms with E-state index in [0.717, 1.165) is 30.0 Å². The van der Waals surface area contributed by atoms with Crippen LogP contribution in [0.3, 0.4) is 0 Å². The minimum absolute atomic E-state index is 0.145. The molecule has 0 saturated carbocycles. The number of ether oxygens (including phenoxy) is 1. The Balaban J connectivity index is 1.41. The molecule has 1 heterocycles. The van der Waals surface area contributed by atoms with Gasteiger partial charge >= 0.3 is 0 Å². The third-order valence-corrected chi connectivity index (χ3v) is 4.09. The summed E-state index contributed by atoms with van der Waals surface area (Å²) in [4.78, 5) is 29.1. The van der Waals surface area contributed by atoms with Gasteiger partial charge in [0.05, 0.1) is 0 Å². The number of benzene rings is 2. The van der Waals surface area contributed by atoms with Crippen LogP contribution >= 0.6 is 0 Å². The van der Waals surface area contributed by atoms with Crippen molar-refractivity contribution >= 4 is 22.6 Å². The average molecular weight is 342 g/mol. The largest absolute Gasteiger partial charge is 0.352 e. The van der Waals surface area contributed by atoms with Crippen molar-refractivity contribution in [3.8, 4) is 0 Å². The normalized spacial score (nSPS) is 17.2. The first kappa shape index (κ1) is 17.4. The predicted octanol–water partition coefficient (Wildman–Crippen LogP) is 2.53. The molecule has 0 aliphatic carbocycles. The van der Waals surface area contributed by atoms with E-state index < -0.39 is 0 Å². The number of fused-ring (bicyclic) bond motifs is 1. The van der Waals surface area contributed by atoms with Crippen LogP contribution in [0.2, 0.25) is 0 Å². The molecule has 2 aromatic carbocycles. The molecular formula is C19H22N2O4. The second-order valence-electron chi connectivity index (χ2n) is 6.01. The fraction of sp³-hybridized carbons (Fsp3) is 0.368. The first-order valence-electron chi connectivity index (χ1n) is 8.55. The van der Waals surface area contributed by atoms with Gasteiger partial charge in [-0.1, -0.05) is 30.3 Å². The molecule has 0 radical (unpaired) electrons. The van der Waals surface area contributed by atoms with E-state index in [1.165, 1.54) is 0 Å². The van der Waals surface area contributed by atoms with E-state index in [1.54, 1.807) is 6.07 Å². The van der Waals surface area contributed by atoms with Crippen LogP contribution in [0.4, 0.5) is 0 Å². The Morgan fingerprint density at radius 1 is 1.12 bits per heavy atom. The first-order valence-corrected chi connectivity index (χ1v) is 8.55. The molecule has 25 heavy (non-hydrogen) atoms. The van der Waals surface area contributed by atoms with Crippen molar-refractivity contribution in [2.75, 3.05) is 13.2 Å². The molecule has 0 aromatic heterocycles. The maximum Gasteiger partial charge on any atom is 0.251 e. The first-order chi connectivity index (χ1) is 12.2. The van der Waals surface area contributed by atoms with Crippen molar-refractivity contribution < 1.29 is 19.2 Å². The molecule has 2 N–H and O–H groups in total. The summed E-state index contributed by atoms with van der Waals surface area (Å²) in [6.07, 6.45) is 2.60. The lowest BCUT2D eigenvalue weighted by molar-refractivity contribution is -0.200. The van der Waals surface area contributed by atoms with Crippen molar-refractivity contribution in [2.45, 2.75) is 32.0 Å². The lowest BCUT2D eigenvalue weighted by Gasteiger charge is -2.22. The van der Waals surface area contributed by atoms with E-state index in [4.69, 9.17) is 9.57 Å². The molecule has 132 valence electrons. The van der Waals surface area contributed by atoms with E-state index in [1.807, 2.05) is 36.4 Å². The molecule has 0 spiro atoms. The van der Waals surface area contributed by atoms with Gasteiger partial charge in [-0.25, -0.2) is 10.3 Å². The molecule has 1 aliphatic rings. The van der Waals surface area contributed by atoms with Gasteiger partial charge in [-0.2, -0.15) is 0 Å². The van der Waals surface area contributed by atoms with Gasteiger partial charge < -0.3 is 10.1 Å². The van der Waals surface area contributed by atoms with Crippen molar-refractivity contribution in [2.24, 2.45) is 0 Å². The molecule has 1 saturated heterocycles. The second-order valence-corrected chi connectivity index (χ2v) is 6.01. The average Bonchev–Trinajstić information content (AvgIpc) is 2.66. The van der Waals surface area contributed by atoms with Crippen LogP contribution in [0.15, 0.2) is 42.5 Å². The lowest BCUT2D eigenvalue weighted by Crippen LogP contribution is -2.35. The summed E-state index contributed by atoms with van der Waals surface area (Å²) in [7, 11) is 0. The number of hydroxylamine groups is 1. The van der Waals surface area contributed by atoms with Crippen molar-refractivity contribution in [1.82, 2.24) is 10.8 Å². The lowest BCUT2D eigenvalue weighted by atomic mass is 10.1. The van der Waals surface area contributed by atoms with Crippen molar-refractivity contribution in [3.63, 3.8) is 0 Å².